The molecule has 1 aromatic rings. The minimum absolute atomic E-state index is 0.0431. The first-order valence-corrected chi connectivity index (χ1v) is 6.88. The van der Waals surface area contributed by atoms with E-state index in [1.807, 2.05) is 6.92 Å². The largest absolute Gasteiger partial charge is 0.497 e. The Labute approximate surface area is 101 Å². The van der Waals surface area contributed by atoms with Crippen molar-refractivity contribution in [3.63, 3.8) is 0 Å². The number of hydrogen-bond acceptors (Lipinski definition) is 4. The maximum absolute atomic E-state index is 12.0. The van der Waals surface area contributed by atoms with E-state index in [0.717, 1.165) is 6.42 Å². The molecule has 5 nitrogen and oxygen atoms in total. The smallest absolute Gasteiger partial charge is 0.242 e. The Hall–Kier alpha value is -1.27. The summed E-state index contributed by atoms with van der Waals surface area (Å²) in [7, 11) is -2.01. The minimum atomic E-state index is -3.52. The molecule has 1 aromatic carbocycles. The molecule has 0 bridgehead atoms. The number of rotatable bonds is 4. The maximum Gasteiger partial charge on any atom is 0.242 e. The Morgan fingerprint density at radius 3 is 2.59 bits per heavy atom. The number of nitrogens with two attached hydrogens (primary N) is 1. The van der Waals surface area contributed by atoms with Crippen molar-refractivity contribution in [3.8, 4) is 5.75 Å². The summed E-state index contributed by atoms with van der Waals surface area (Å²) in [4.78, 5) is 0.109. The van der Waals surface area contributed by atoms with E-state index in [9.17, 15) is 8.42 Å². The van der Waals surface area contributed by atoms with E-state index in [4.69, 9.17) is 10.5 Å². The summed E-state index contributed by atoms with van der Waals surface area (Å²) >= 11 is 0. The van der Waals surface area contributed by atoms with E-state index in [-0.39, 0.29) is 16.6 Å². The SMILES string of the molecule is COc1ccc(S(=O)(=O)NC2CC2C)c(N)c1. The summed E-state index contributed by atoms with van der Waals surface area (Å²) in [6.07, 6.45) is 0.884. The first-order valence-electron chi connectivity index (χ1n) is 5.40. The van der Waals surface area contributed by atoms with Crippen LogP contribution in [0.4, 0.5) is 5.69 Å². The lowest BCUT2D eigenvalue weighted by molar-refractivity contribution is 0.414. The van der Waals surface area contributed by atoms with Crippen molar-refractivity contribution >= 4 is 15.7 Å². The highest BCUT2D eigenvalue weighted by molar-refractivity contribution is 7.89. The van der Waals surface area contributed by atoms with E-state index in [1.54, 1.807) is 6.07 Å². The fraction of sp³-hybridized carbons (Fsp3) is 0.455. The van der Waals surface area contributed by atoms with Gasteiger partial charge in [-0.1, -0.05) is 6.92 Å². The molecule has 2 rings (SSSR count). The Bertz CT molecular complexity index is 528. The first-order chi connectivity index (χ1) is 7.94. The molecule has 94 valence electrons. The molecule has 1 fully saturated rings. The molecule has 2 unspecified atom stereocenters. The van der Waals surface area contributed by atoms with Gasteiger partial charge in [-0.15, -0.1) is 0 Å². The van der Waals surface area contributed by atoms with Crippen LogP contribution in [0.15, 0.2) is 23.1 Å². The second-order valence-electron chi connectivity index (χ2n) is 4.34. The zero-order chi connectivity index (χ0) is 12.6. The van der Waals surface area contributed by atoms with Crippen molar-refractivity contribution in [1.82, 2.24) is 4.72 Å². The van der Waals surface area contributed by atoms with Crippen molar-refractivity contribution < 1.29 is 13.2 Å². The molecular formula is C11H16N2O3S. The van der Waals surface area contributed by atoms with Crippen molar-refractivity contribution in [1.29, 1.82) is 0 Å². The van der Waals surface area contributed by atoms with Crippen molar-refractivity contribution in [2.24, 2.45) is 5.92 Å². The number of benzene rings is 1. The van der Waals surface area contributed by atoms with Gasteiger partial charge in [-0.25, -0.2) is 13.1 Å². The van der Waals surface area contributed by atoms with Crippen LogP contribution in [0.5, 0.6) is 5.75 Å². The average Bonchev–Trinajstić information content (AvgIpc) is 2.92. The van der Waals surface area contributed by atoms with E-state index < -0.39 is 10.0 Å². The summed E-state index contributed by atoms with van der Waals surface area (Å²) in [5.41, 5.74) is 5.91. The molecular weight excluding hydrogens is 240 g/mol. The molecule has 6 heteroatoms. The van der Waals surface area contributed by atoms with Crippen LogP contribution >= 0.6 is 0 Å². The van der Waals surface area contributed by atoms with Crippen LogP contribution < -0.4 is 15.2 Å². The predicted molar refractivity (Wildman–Crippen MR) is 65.3 cm³/mol. The van der Waals surface area contributed by atoms with Crippen LogP contribution in [0.1, 0.15) is 13.3 Å². The highest BCUT2D eigenvalue weighted by Gasteiger charge is 2.36. The molecule has 0 radical (unpaired) electrons. The van der Waals surface area contributed by atoms with Crippen LogP contribution in [0.2, 0.25) is 0 Å². The summed E-state index contributed by atoms with van der Waals surface area (Å²) in [6.45, 7) is 2.00. The molecule has 3 N–H and O–H groups in total. The van der Waals surface area contributed by atoms with Gasteiger partial charge in [0.15, 0.2) is 0 Å². The third-order valence-electron chi connectivity index (χ3n) is 2.92. The second-order valence-corrected chi connectivity index (χ2v) is 6.03. The van der Waals surface area contributed by atoms with Gasteiger partial charge in [0.05, 0.1) is 12.8 Å². The molecule has 1 aliphatic carbocycles. The summed E-state index contributed by atoms with van der Waals surface area (Å²) in [5, 5.41) is 0. The highest BCUT2D eigenvalue weighted by atomic mass is 32.2. The molecule has 0 aliphatic heterocycles. The third kappa shape index (κ3) is 2.53. The Morgan fingerprint density at radius 2 is 2.12 bits per heavy atom. The van der Waals surface area contributed by atoms with Crippen molar-refractivity contribution in [2.75, 3.05) is 12.8 Å². The van der Waals surface area contributed by atoms with Gasteiger partial charge in [0, 0.05) is 12.1 Å². The lowest BCUT2D eigenvalue weighted by Gasteiger charge is -2.09. The number of methoxy groups -OCH3 is 1. The van der Waals surface area contributed by atoms with Crippen LogP contribution in [0.25, 0.3) is 0 Å². The summed E-state index contributed by atoms with van der Waals surface area (Å²) < 4.78 is 31.6. The van der Waals surface area contributed by atoms with E-state index in [0.29, 0.717) is 11.7 Å². The minimum Gasteiger partial charge on any atom is -0.497 e. The molecule has 0 amide bonds. The van der Waals surface area contributed by atoms with Gasteiger partial charge in [-0.2, -0.15) is 0 Å². The van der Waals surface area contributed by atoms with Crippen LogP contribution in [-0.4, -0.2) is 21.6 Å². The molecule has 0 heterocycles. The number of ether oxygens (including phenoxy) is 1. The molecule has 17 heavy (non-hydrogen) atoms. The van der Waals surface area contributed by atoms with Crippen LogP contribution in [0.3, 0.4) is 0 Å². The highest BCUT2D eigenvalue weighted by Crippen LogP contribution is 2.32. The standard InChI is InChI=1S/C11H16N2O3S/c1-7-5-10(7)13-17(14,15)11-4-3-8(16-2)6-9(11)12/h3-4,6-7,10,13H,5,12H2,1-2H3. The number of sulfonamides is 1. The van der Waals surface area contributed by atoms with Gasteiger partial charge in [-0.3, -0.25) is 0 Å². The topological polar surface area (TPSA) is 81.4 Å². The fourth-order valence-corrected chi connectivity index (χ4v) is 3.12. The number of nitrogen functional groups attached to an aromatic ring is 1. The lowest BCUT2D eigenvalue weighted by Crippen LogP contribution is -2.27. The molecule has 0 aromatic heterocycles. The quantitative estimate of drug-likeness (QED) is 0.786. The zero-order valence-electron chi connectivity index (χ0n) is 9.80. The Morgan fingerprint density at radius 1 is 1.47 bits per heavy atom. The van der Waals surface area contributed by atoms with Crippen LogP contribution in [-0.2, 0) is 10.0 Å². The lowest BCUT2D eigenvalue weighted by atomic mass is 10.3. The van der Waals surface area contributed by atoms with Gasteiger partial charge in [0.1, 0.15) is 10.6 Å². The van der Waals surface area contributed by atoms with E-state index >= 15 is 0 Å². The van der Waals surface area contributed by atoms with Gasteiger partial charge >= 0.3 is 0 Å². The monoisotopic (exact) mass is 256 g/mol. The summed E-state index contributed by atoms with van der Waals surface area (Å²) in [6, 6.07) is 4.59. The van der Waals surface area contributed by atoms with Crippen molar-refractivity contribution in [3.05, 3.63) is 18.2 Å². The molecule has 2 atom stereocenters. The van der Waals surface area contributed by atoms with Gasteiger partial charge in [0.2, 0.25) is 10.0 Å². The number of hydrogen-bond donors (Lipinski definition) is 2. The predicted octanol–water partition coefficient (Wildman–Crippen LogP) is 0.964. The molecule has 0 spiro atoms. The number of nitrogens with one attached hydrogen (secondary N) is 1. The van der Waals surface area contributed by atoms with Gasteiger partial charge < -0.3 is 10.5 Å². The zero-order valence-corrected chi connectivity index (χ0v) is 10.6. The molecule has 0 saturated heterocycles. The normalized spacial score (nSPS) is 23.4. The maximum atomic E-state index is 12.0. The second kappa shape index (κ2) is 4.19. The third-order valence-corrected chi connectivity index (χ3v) is 4.49. The van der Waals surface area contributed by atoms with Crippen molar-refractivity contribution in [2.45, 2.75) is 24.3 Å². The van der Waals surface area contributed by atoms with E-state index in [2.05, 4.69) is 4.72 Å². The number of anilines is 1. The average molecular weight is 256 g/mol. The molecule has 1 aliphatic rings. The van der Waals surface area contributed by atoms with Gasteiger partial charge in [0.25, 0.3) is 0 Å². The molecule has 1 saturated carbocycles. The first kappa shape index (κ1) is 12.2. The van der Waals surface area contributed by atoms with Gasteiger partial charge in [-0.05, 0) is 24.5 Å². The van der Waals surface area contributed by atoms with Crippen LogP contribution in [0, 0.1) is 5.92 Å². The fourth-order valence-electron chi connectivity index (χ4n) is 1.65. The van der Waals surface area contributed by atoms with E-state index in [1.165, 1.54) is 19.2 Å². The summed E-state index contributed by atoms with van der Waals surface area (Å²) in [5.74, 6) is 0.950. The Kier molecular flexibility index (Phi) is 3.01. The Balaban J connectivity index is 2.26.